The zero-order valence-electron chi connectivity index (χ0n) is 20.3. The largest absolute Gasteiger partial charge is 0.352 e. The summed E-state index contributed by atoms with van der Waals surface area (Å²) >= 11 is 0. The van der Waals surface area contributed by atoms with Crippen molar-refractivity contribution in [1.29, 1.82) is 0 Å². The summed E-state index contributed by atoms with van der Waals surface area (Å²) < 4.78 is 0. The maximum Gasteiger partial charge on any atom is 0.220 e. The third-order valence-corrected chi connectivity index (χ3v) is 7.59. The molecule has 2 fully saturated rings. The topological polar surface area (TPSA) is 61.4 Å². The van der Waals surface area contributed by atoms with Gasteiger partial charge in [0.05, 0.1) is 0 Å². The number of hydrogen-bond donors (Lipinski definition) is 2. The number of nitrogens with zero attached hydrogens (tertiary/aromatic N) is 1. The number of nitrogens with one attached hydrogen (secondary N) is 2. The molecular weight excluding hydrogens is 434 g/mol. The summed E-state index contributed by atoms with van der Waals surface area (Å²) in [6, 6.07) is 25.4. The second-order valence-corrected chi connectivity index (χ2v) is 10.3. The van der Waals surface area contributed by atoms with Crippen molar-refractivity contribution in [2.24, 2.45) is 0 Å². The summed E-state index contributed by atoms with van der Waals surface area (Å²) in [5, 5.41) is 8.96. The van der Waals surface area contributed by atoms with Gasteiger partial charge in [-0.05, 0) is 60.5 Å². The van der Waals surface area contributed by atoms with Crippen LogP contribution >= 0.6 is 0 Å². The van der Waals surface area contributed by atoms with Gasteiger partial charge in [-0.1, -0.05) is 72.8 Å². The van der Waals surface area contributed by atoms with Crippen LogP contribution in [0.5, 0.6) is 0 Å². The van der Waals surface area contributed by atoms with Gasteiger partial charge in [-0.3, -0.25) is 14.5 Å². The third-order valence-electron chi connectivity index (χ3n) is 7.59. The number of likely N-dealkylation sites (tertiary alicyclic amines) is 1. The number of carbonyl (C=O) groups excluding carboxylic acids is 2. The third kappa shape index (κ3) is 5.91. The maximum absolute atomic E-state index is 13.0. The molecule has 2 aliphatic rings. The summed E-state index contributed by atoms with van der Waals surface area (Å²) in [5.41, 5.74) is 2.19. The van der Waals surface area contributed by atoms with Crippen molar-refractivity contribution in [1.82, 2.24) is 15.5 Å². The highest BCUT2D eigenvalue weighted by atomic mass is 16.2. The van der Waals surface area contributed by atoms with Crippen molar-refractivity contribution in [3.05, 3.63) is 83.9 Å². The molecule has 2 saturated heterocycles. The molecule has 0 spiro atoms. The summed E-state index contributed by atoms with van der Waals surface area (Å²) in [6.45, 7) is 2.88. The van der Waals surface area contributed by atoms with Gasteiger partial charge in [0.15, 0.2) is 0 Å². The standard InChI is InChI=1S/C30H35N3O2/c34-28(31-26-13-7-19-33(22-26)21-23-8-2-1-3-9-23)15-17-30(18-16-29(35)32-30)20-25-12-6-11-24-10-4-5-14-27(24)25/h1-6,8-12,14,26H,7,13,15-22H2,(H,31,34)(H,32,35)/t26-,30-/m1/s1. The molecule has 2 heterocycles. The minimum Gasteiger partial charge on any atom is -0.352 e. The molecule has 35 heavy (non-hydrogen) atoms. The Morgan fingerprint density at radius 1 is 1.03 bits per heavy atom. The molecule has 182 valence electrons. The number of carbonyl (C=O) groups is 2. The lowest BCUT2D eigenvalue weighted by Gasteiger charge is -2.34. The van der Waals surface area contributed by atoms with Crippen LogP contribution < -0.4 is 10.6 Å². The van der Waals surface area contributed by atoms with E-state index in [4.69, 9.17) is 0 Å². The fraction of sp³-hybridized carbons (Fsp3) is 0.400. The Bertz CT molecular complexity index is 1170. The number of benzene rings is 3. The van der Waals surface area contributed by atoms with E-state index in [1.807, 2.05) is 6.07 Å². The Labute approximate surface area is 207 Å². The maximum atomic E-state index is 13.0. The van der Waals surface area contributed by atoms with Gasteiger partial charge in [0.2, 0.25) is 11.8 Å². The van der Waals surface area contributed by atoms with Crippen LogP contribution in [0, 0.1) is 0 Å². The number of rotatable bonds is 8. The van der Waals surface area contributed by atoms with Crippen LogP contribution in [-0.4, -0.2) is 41.4 Å². The Morgan fingerprint density at radius 2 is 1.83 bits per heavy atom. The molecule has 0 aromatic heterocycles. The molecule has 5 heteroatoms. The van der Waals surface area contributed by atoms with Gasteiger partial charge in [0, 0.05) is 37.5 Å². The molecule has 0 unspecified atom stereocenters. The number of amides is 2. The van der Waals surface area contributed by atoms with Crippen molar-refractivity contribution >= 4 is 22.6 Å². The lowest BCUT2D eigenvalue weighted by molar-refractivity contribution is -0.123. The molecule has 2 N–H and O–H groups in total. The van der Waals surface area contributed by atoms with Crippen molar-refractivity contribution < 1.29 is 9.59 Å². The van der Waals surface area contributed by atoms with Gasteiger partial charge in [-0.2, -0.15) is 0 Å². The molecule has 3 aromatic rings. The molecule has 5 nitrogen and oxygen atoms in total. The van der Waals surface area contributed by atoms with Crippen LogP contribution in [-0.2, 0) is 22.6 Å². The predicted octanol–water partition coefficient (Wildman–Crippen LogP) is 4.59. The number of hydrogen-bond acceptors (Lipinski definition) is 3. The van der Waals surface area contributed by atoms with Crippen molar-refractivity contribution in [3.63, 3.8) is 0 Å². The zero-order chi connectivity index (χ0) is 24.1. The summed E-state index contributed by atoms with van der Waals surface area (Å²) in [7, 11) is 0. The van der Waals surface area contributed by atoms with Crippen LogP contribution in [0.2, 0.25) is 0 Å². The van der Waals surface area contributed by atoms with Gasteiger partial charge >= 0.3 is 0 Å². The minimum absolute atomic E-state index is 0.0921. The van der Waals surface area contributed by atoms with Gasteiger partial charge in [0.1, 0.15) is 0 Å². The molecule has 0 aliphatic carbocycles. The average molecular weight is 470 g/mol. The van der Waals surface area contributed by atoms with Crippen molar-refractivity contribution in [2.45, 2.75) is 63.1 Å². The zero-order valence-corrected chi connectivity index (χ0v) is 20.3. The van der Waals surface area contributed by atoms with Crippen LogP contribution in [0.15, 0.2) is 72.8 Å². The Hall–Kier alpha value is -3.18. The van der Waals surface area contributed by atoms with Crippen LogP contribution in [0.4, 0.5) is 0 Å². The quantitative estimate of drug-likeness (QED) is 0.507. The number of piperidine rings is 1. The first-order chi connectivity index (χ1) is 17.1. The Balaban J connectivity index is 1.19. The van der Waals surface area contributed by atoms with Gasteiger partial charge < -0.3 is 10.6 Å². The lowest BCUT2D eigenvalue weighted by atomic mass is 9.83. The first-order valence-corrected chi connectivity index (χ1v) is 12.9. The predicted molar refractivity (Wildman–Crippen MR) is 140 cm³/mol. The molecule has 0 bridgehead atoms. The van der Waals surface area contributed by atoms with Crippen molar-refractivity contribution in [3.8, 4) is 0 Å². The monoisotopic (exact) mass is 469 g/mol. The summed E-state index contributed by atoms with van der Waals surface area (Å²) in [6.07, 6.45) is 5.27. The number of fused-ring (bicyclic) bond motifs is 1. The lowest BCUT2D eigenvalue weighted by Crippen LogP contribution is -2.48. The van der Waals surface area contributed by atoms with Crippen LogP contribution in [0.3, 0.4) is 0 Å². The van der Waals surface area contributed by atoms with E-state index in [0.29, 0.717) is 19.3 Å². The molecule has 2 atom stereocenters. The minimum atomic E-state index is -0.357. The van der Waals surface area contributed by atoms with Gasteiger partial charge in [-0.15, -0.1) is 0 Å². The van der Waals surface area contributed by atoms with E-state index < -0.39 is 0 Å². The molecule has 3 aromatic carbocycles. The van der Waals surface area contributed by atoms with E-state index in [-0.39, 0.29) is 23.4 Å². The second kappa shape index (κ2) is 10.6. The molecule has 2 amide bonds. The fourth-order valence-electron chi connectivity index (χ4n) is 5.80. The highest BCUT2D eigenvalue weighted by Crippen LogP contribution is 2.32. The van der Waals surface area contributed by atoms with Crippen LogP contribution in [0.25, 0.3) is 10.8 Å². The van der Waals surface area contributed by atoms with E-state index in [1.54, 1.807) is 0 Å². The molecule has 0 radical (unpaired) electrons. The van der Waals surface area contributed by atoms with Crippen molar-refractivity contribution in [2.75, 3.05) is 13.1 Å². The highest BCUT2D eigenvalue weighted by molar-refractivity contribution is 5.86. The van der Waals surface area contributed by atoms with E-state index in [0.717, 1.165) is 45.3 Å². The smallest absolute Gasteiger partial charge is 0.220 e. The Morgan fingerprint density at radius 3 is 2.66 bits per heavy atom. The Kier molecular flexibility index (Phi) is 7.14. The summed E-state index contributed by atoms with van der Waals surface area (Å²) in [5.74, 6) is 0.185. The molecular formula is C30H35N3O2. The van der Waals surface area contributed by atoms with E-state index in [2.05, 4.69) is 82.3 Å². The second-order valence-electron chi connectivity index (χ2n) is 10.3. The highest BCUT2D eigenvalue weighted by Gasteiger charge is 2.38. The summed E-state index contributed by atoms with van der Waals surface area (Å²) in [4.78, 5) is 27.7. The first kappa shape index (κ1) is 23.6. The molecule has 0 saturated carbocycles. The molecule has 2 aliphatic heterocycles. The van der Waals surface area contributed by atoms with Gasteiger partial charge in [0.25, 0.3) is 0 Å². The van der Waals surface area contributed by atoms with Crippen LogP contribution in [0.1, 0.15) is 49.7 Å². The SMILES string of the molecule is O=C(CC[C@]1(Cc2cccc3ccccc23)CCC(=O)N1)N[C@@H]1CCCN(Cc2ccccc2)C1. The van der Waals surface area contributed by atoms with E-state index >= 15 is 0 Å². The van der Waals surface area contributed by atoms with E-state index in [9.17, 15) is 9.59 Å². The molecule has 5 rings (SSSR count). The van der Waals surface area contributed by atoms with E-state index in [1.165, 1.54) is 21.9 Å². The average Bonchev–Trinajstić information content (AvgIpc) is 3.24. The first-order valence-electron chi connectivity index (χ1n) is 12.9. The van der Waals surface area contributed by atoms with Gasteiger partial charge in [-0.25, -0.2) is 0 Å². The normalized spacial score (nSPS) is 22.7. The fourth-order valence-corrected chi connectivity index (χ4v) is 5.80.